The van der Waals surface area contributed by atoms with Crippen molar-refractivity contribution in [2.45, 2.75) is 19.6 Å². The highest BCUT2D eigenvalue weighted by molar-refractivity contribution is 9.10. The van der Waals surface area contributed by atoms with Gasteiger partial charge in [-0.3, -0.25) is 0 Å². The van der Waals surface area contributed by atoms with Gasteiger partial charge in [0.1, 0.15) is 0 Å². The van der Waals surface area contributed by atoms with Crippen LogP contribution >= 0.6 is 27.3 Å². The van der Waals surface area contributed by atoms with Gasteiger partial charge in [0.2, 0.25) is 0 Å². The normalized spacial score (nSPS) is 12.6. The molecule has 0 aliphatic heterocycles. The number of rotatable bonds is 5. The van der Waals surface area contributed by atoms with Crippen LogP contribution in [0.5, 0.6) is 0 Å². The minimum absolute atomic E-state index is 0.469. The van der Waals surface area contributed by atoms with Crippen LogP contribution in [0.15, 0.2) is 40.9 Å². The minimum Gasteiger partial charge on any atom is -0.387 e. The van der Waals surface area contributed by atoms with Gasteiger partial charge in [-0.05, 0) is 36.8 Å². The van der Waals surface area contributed by atoms with Crippen LogP contribution in [0.4, 0.5) is 0 Å². The Balaban J connectivity index is 1.83. The maximum atomic E-state index is 10.0. The largest absolute Gasteiger partial charge is 0.387 e. The molecule has 1 aromatic heterocycles. The fourth-order valence-corrected chi connectivity index (χ4v) is 3.02. The highest BCUT2D eigenvalue weighted by Gasteiger charge is 2.07. The molecule has 0 aliphatic carbocycles. The molecule has 0 bridgehead atoms. The molecule has 1 aromatic carbocycles. The van der Waals surface area contributed by atoms with Gasteiger partial charge in [-0.1, -0.05) is 28.1 Å². The summed E-state index contributed by atoms with van der Waals surface area (Å²) < 4.78 is 0.993. The summed E-state index contributed by atoms with van der Waals surface area (Å²) in [5, 5.41) is 13.3. The van der Waals surface area contributed by atoms with Crippen molar-refractivity contribution in [2.24, 2.45) is 0 Å². The molecule has 18 heavy (non-hydrogen) atoms. The first-order valence-electron chi connectivity index (χ1n) is 5.85. The zero-order chi connectivity index (χ0) is 13.0. The maximum Gasteiger partial charge on any atom is 0.0914 e. The summed E-state index contributed by atoms with van der Waals surface area (Å²) in [5.74, 6) is 0. The molecule has 1 unspecified atom stereocenters. The summed E-state index contributed by atoms with van der Waals surface area (Å²) in [6.07, 6.45) is -0.469. The van der Waals surface area contributed by atoms with Crippen molar-refractivity contribution in [1.82, 2.24) is 5.32 Å². The van der Waals surface area contributed by atoms with Crippen molar-refractivity contribution in [3.63, 3.8) is 0 Å². The molecule has 0 amide bonds. The fourth-order valence-electron chi connectivity index (χ4n) is 1.74. The number of hydrogen-bond acceptors (Lipinski definition) is 3. The zero-order valence-electron chi connectivity index (χ0n) is 10.2. The molecule has 1 heterocycles. The van der Waals surface area contributed by atoms with Crippen LogP contribution in [0.2, 0.25) is 0 Å². The van der Waals surface area contributed by atoms with Crippen LogP contribution in [-0.2, 0) is 6.54 Å². The molecule has 2 aromatic rings. The van der Waals surface area contributed by atoms with E-state index < -0.39 is 6.10 Å². The molecule has 2 N–H and O–H groups in total. The number of aliphatic hydroxyl groups excluding tert-OH is 1. The molecule has 0 fully saturated rings. The number of aryl methyl sites for hydroxylation is 1. The first kappa shape index (κ1) is 13.7. The van der Waals surface area contributed by atoms with Crippen LogP contribution in [0.1, 0.15) is 21.4 Å². The zero-order valence-corrected chi connectivity index (χ0v) is 12.6. The molecular weight excluding hydrogens is 310 g/mol. The molecule has 96 valence electrons. The summed E-state index contributed by atoms with van der Waals surface area (Å²) in [4.78, 5) is 2.62. The third-order valence-corrected chi connectivity index (χ3v) is 4.16. The van der Waals surface area contributed by atoms with Gasteiger partial charge in [0.05, 0.1) is 6.10 Å². The lowest BCUT2D eigenvalue weighted by Gasteiger charge is -2.12. The van der Waals surface area contributed by atoms with Gasteiger partial charge in [-0.2, -0.15) is 0 Å². The quantitative estimate of drug-likeness (QED) is 0.879. The van der Waals surface area contributed by atoms with Gasteiger partial charge in [0.25, 0.3) is 0 Å². The van der Waals surface area contributed by atoms with E-state index in [0.29, 0.717) is 6.54 Å². The molecule has 0 aliphatic rings. The van der Waals surface area contributed by atoms with E-state index in [-0.39, 0.29) is 0 Å². The monoisotopic (exact) mass is 325 g/mol. The van der Waals surface area contributed by atoms with Crippen LogP contribution in [0, 0.1) is 6.92 Å². The Hall–Kier alpha value is -0.680. The lowest BCUT2D eigenvalue weighted by atomic mass is 10.1. The van der Waals surface area contributed by atoms with Crippen LogP contribution in [0.25, 0.3) is 0 Å². The molecular formula is C14H16BrNOS. The number of thiophene rings is 1. The van der Waals surface area contributed by atoms with Gasteiger partial charge >= 0.3 is 0 Å². The highest BCUT2D eigenvalue weighted by atomic mass is 79.9. The molecule has 2 nitrogen and oxygen atoms in total. The Bertz CT molecular complexity index is 512. The predicted octanol–water partition coefficient (Wildman–Crippen LogP) is 3.64. The van der Waals surface area contributed by atoms with Crippen molar-refractivity contribution < 1.29 is 5.11 Å². The smallest absolute Gasteiger partial charge is 0.0914 e. The lowest BCUT2D eigenvalue weighted by Crippen LogP contribution is -2.20. The highest BCUT2D eigenvalue weighted by Crippen LogP contribution is 2.18. The van der Waals surface area contributed by atoms with E-state index in [2.05, 4.69) is 40.3 Å². The van der Waals surface area contributed by atoms with Gasteiger partial charge in [0.15, 0.2) is 0 Å². The predicted molar refractivity (Wildman–Crippen MR) is 79.9 cm³/mol. The number of benzene rings is 1. The Morgan fingerprint density at radius 1 is 1.33 bits per heavy atom. The molecule has 4 heteroatoms. The molecule has 0 saturated carbocycles. The Morgan fingerprint density at radius 2 is 2.17 bits per heavy atom. The van der Waals surface area contributed by atoms with E-state index in [1.807, 2.05) is 24.3 Å². The van der Waals surface area contributed by atoms with E-state index in [0.717, 1.165) is 16.6 Å². The molecule has 2 rings (SSSR count). The van der Waals surface area contributed by atoms with E-state index >= 15 is 0 Å². The Morgan fingerprint density at radius 3 is 2.83 bits per heavy atom. The summed E-state index contributed by atoms with van der Waals surface area (Å²) in [5.41, 5.74) is 0.930. The average molecular weight is 326 g/mol. The number of nitrogens with one attached hydrogen (secondary N) is 1. The molecule has 0 saturated heterocycles. The Kier molecular flexibility index (Phi) is 4.95. The van der Waals surface area contributed by atoms with Crippen molar-refractivity contribution in [2.75, 3.05) is 6.54 Å². The third kappa shape index (κ3) is 3.92. The van der Waals surface area contributed by atoms with Crippen molar-refractivity contribution in [1.29, 1.82) is 0 Å². The van der Waals surface area contributed by atoms with Gasteiger partial charge in [-0.25, -0.2) is 0 Å². The maximum absolute atomic E-state index is 10.0. The fraction of sp³-hybridized carbons (Fsp3) is 0.286. The number of halogens is 1. The van der Waals surface area contributed by atoms with E-state index in [1.54, 1.807) is 11.3 Å². The van der Waals surface area contributed by atoms with Crippen molar-refractivity contribution in [3.8, 4) is 0 Å². The lowest BCUT2D eigenvalue weighted by molar-refractivity contribution is 0.174. The van der Waals surface area contributed by atoms with Crippen LogP contribution in [-0.4, -0.2) is 11.7 Å². The van der Waals surface area contributed by atoms with Gasteiger partial charge < -0.3 is 10.4 Å². The van der Waals surface area contributed by atoms with Crippen LogP contribution < -0.4 is 5.32 Å². The second-order valence-electron chi connectivity index (χ2n) is 4.21. The SMILES string of the molecule is Cc1ccc(CNCC(O)c2cccc(Br)c2)s1. The first-order valence-corrected chi connectivity index (χ1v) is 7.45. The standard InChI is InChI=1S/C14H16BrNOS/c1-10-5-6-13(18-10)8-16-9-14(17)11-3-2-4-12(15)7-11/h2-7,14,16-17H,8-9H2,1H3. The van der Waals surface area contributed by atoms with Gasteiger partial charge in [-0.15, -0.1) is 11.3 Å². The number of aliphatic hydroxyl groups is 1. The second kappa shape index (κ2) is 6.48. The van der Waals surface area contributed by atoms with Gasteiger partial charge in [0, 0.05) is 27.3 Å². The van der Waals surface area contributed by atoms with Crippen molar-refractivity contribution >= 4 is 27.3 Å². The summed E-state index contributed by atoms with van der Waals surface area (Å²) >= 11 is 5.19. The topological polar surface area (TPSA) is 32.3 Å². The molecule has 0 spiro atoms. The minimum atomic E-state index is -0.469. The van der Waals surface area contributed by atoms with E-state index in [1.165, 1.54) is 9.75 Å². The summed E-state index contributed by atoms with van der Waals surface area (Å²) in [6, 6.07) is 12.0. The van der Waals surface area contributed by atoms with E-state index in [9.17, 15) is 5.11 Å². The summed E-state index contributed by atoms with van der Waals surface area (Å²) in [6.45, 7) is 3.47. The second-order valence-corrected chi connectivity index (χ2v) is 6.50. The van der Waals surface area contributed by atoms with Crippen LogP contribution in [0.3, 0.4) is 0 Å². The molecule has 1 atom stereocenters. The Labute approximate surface area is 120 Å². The number of hydrogen-bond donors (Lipinski definition) is 2. The third-order valence-electron chi connectivity index (χ3n) is 2.67. The molecule has 0 radical (unpaired) electrons. The average Bonchev–Trinajstić information content (AvgIpc) is 2.75. The first-order chi connectivity index (χ1) is 8.65. The van der Waals surface area contributed by atoms with E-state index in [4.69, 9.17) is 0 Å². The summed E-state index contributed by atoms with van der Waals surface area (Å²) in [7, 11) is 0. The van der Waals surface area contributed by atoms with Crippen molar-refractivity contribution in [3.05, 3.63) is 56.2 Å².